The Labute approximate surface area is 108 Å². The first-order valence-electron chi connectivity index (χ1n) is 6.05. The quantitative estimate of drug-likeness (QED) is 0.479. The number of nitrogen functional groups attached to an aromatic ring is 1. The van der Waals surface area contributed by atoms with Crippen LogP contribution in [0.2, 0.25) is 0 Å². The Morgan fingerprint density at radius 2 is 2.00 bits per heavy atom. The third-order valence-electron chi connectivity index (χ3n) is 2.74. The number of aliphatic hydroxyl groups excluding tert-OH is 1. The molecule has 0 unspecified atom stereocenters. The van der Waals surface area contributed by atoms with Crippen LogP contribution in [0.3, 0.4) is 0 Å². The Morgan fingerprint density at radius 1 is 1.22 bits per heavy atom. The normalized spacial score (nSPS) is 10.4. The summed E-state index contributed by atoms with van der Waals surface area (Å²) in [5, 5.41) is 12.0. The molecule has 1 aromatic carbocycles. The Morgan fingerprint density at radius 3 is 2.61 bits per heavy atom. The predicted molar refractivity (Wildman–Crippen MR) is 72.0 cm³/mol. The van der Waals surface area contributed by atoms with Gasteiger partial charge in [-0.05, 0) is 25.5 Å². The molecule has 0 spiro atoms. The fraction of sp³-hybridized carbons (Fsp3) is 0.538. The van der Waals surface area contributed by atoms with Gasteiger partial charge in [0.1, 0.15) is 17.2 Å². The summed E-state index contributed by atoms with van der Waals surface area (Å²) in [5.41, 5.74) is 7.47. The standard InChI is InChI=1S/C13H22N2O3/c1-17-11-6-5-10(13(18-2)12(11)14)9-15-7-3-4-8-16/h5-6,15-16H,3-4,7-9,14H2,1-2H3. The monoisotopic (exact) mass is 254 g/mol. The number of nitrogens with one attached hydrogen (secondary N) is 1. The highest BCUT2D eigenvalue weighted by atomic mass is 16.5. The molecule has 0 atom stereocenters. The molecule has 0 radical (unpaired) electrons. The summed E-state index contributed by atoms with van der Waals surface area (Å²) in [5.74, 6) is 1.28. The first kappa shape index (κ1) is 14.6. The van der Waals surface area contributed by atoms with E-state index in [0.717, 1.165) is 24.9 Å². The number of methoxy groups -OCH3 is 2. The second kappa shape index (κ2) is 7.79. The number of ether oxygens (including phenoxy) is 2. The van der Waals surface area contributed by atoms with Gasteiger partial charge in [0.15, 0.2) is 0 Å². The second-order valence-corrected chi connectivity index (χ2v) is 3.98. The van der Waals surface area contributed by atoms with E-state index >= 15 is 0 Å². The minimum absolute atomic E-state index is 0.237. The van der Waals surface area contributed by atoms with E-state index in [0.29, 0.717) is 23.7 Å². The van der Waals surface area contributed by atoms with Gasteiger partial charge < -0.3 is 25.6 Å². The molecule has 18 heavy (non-hydrogen) atoms. The van der Waals surface area contributed by atoms with Gasteiger partial charge >= 0.3 is 0 Å². The molecular formula is C13H22N2O3. The maximum absolute atomic E-state index is 8.68. The van der Waals surface area contributed by atoms with Crippen molar-refractivity contribution in [1.82, 2.24) is 5.32 Å². The number of anilines is 1. The third-order valence-corrected chi connectivity index (χ3v) is 2.74. The molecule has 1 aromatic rings. The number of aliphatic hydroxyl groups is 1. The van der Waals surface area contributed by atoms with Crippen molar-refractivity contribution in [3.8, 4) is 11.5 Å². The van der Waals surface area contributed by atoms with Gasteiger partial charge in [0, 0.05) is 18.7 Å². The van der Waals surface area contributed by atoms with Crippen LogP contribution in [0.5, 0.6) is 11.5 Å². The van der Waals surface area contributed by atoms with Crippen molar-refractivity contribution in [2.45, 2.75) is 19.4 Å². The molecular weight excluding hydrogens is 232 g/mol. The Balaban J connectivity index is 2.62. The van der Waals surface area contributed by atoms with Crippen LogP contribution in [0.4, 0.5) is 5.69 Å². The molecule has 0 aromatic heterocycles. The molecule has 102 valence electrons. The fourth-order valence-corrected chi connectivity index (χ4v) is 1.77. The van der Waals surface area contributed by atoms with Crippen LogP contribution in [-0.2, 0) is 6.54 Å². The van der Waals surface area contributed by atoms with Crippen molar-refractivity contribution in [2.24, 2.45) is 0 Å². The number of rotatable bonds is 8. The van der Waals surface area contributed by atoms with Gasteiger partial charge in [-0.2, -0.15) is 0 Å². The van der Waals surface area contributed by atoms with E-state index in [4.69, 9.17) is 20.3 Å². The average Bonchev–Trinajstić information content (AvgIpc) is 2.39. The zero-order chi connectivity index (χ0) is 13.4. The predicted octanol–water partition coefficient (Wildman–Crippen LogP) is 1.15. The molecule has 0 aliphatic rings. The van der Waals surface area contributed by atoms with E-state index in [-0.39, 0.29) is 6.61 Å². The number of nitrogens with two attached hydrogens (primary N) is 1. The van der Waals surface area contributed by atoms with Crippen LogP contribution in [0.1, 0.15) is 18.4 Å². The lowest BCUT2D eigenvalue weighted by Gasteiger charge is -2.14. The number of hydrogen-bond acceptors (Lipinski definition) is 5. The van der Waals surface area contributed by atoms with E-state index in [1.807, 2.05) is 12.1 Å². The molecule has 0 heterocycles. The van der Waals surface area contributed by atoms with Gasteiger partial charge in [0.05, 0.1) is 14.2 Å². The topological polar surface area (TPSA) is 76.7 Å². The molecule has 4 N–H and O–H groups in total. The molecule has 0 bridgehead atoms. The van der Waals surface area contributed by atoms with Crippen molar-refractivity contribution < 1.29 is 14.6 Å². The Bertz CT molecular complexity index is 369. The van der Waals surface area contributed by atoms with Crippen LogP contribution in [0.25, 0.3) is 0 Å². The SMILES string of the molecule is COc1ccc(CNCCCCO)c(OC)c1N. The summed E-state index contributed by atoms with van der Waals surface area (Å²) in [6.45, 7) is 1.78. The van der Waals surface area contributed by atoms with Gasteiger partial charge in [0.2, 0.25) is 0 Å². The van der Waals surface area contributed by atoms with Crippen LogP contribution >= 0.6 is 0 Å². The highest BCUT2D eigenvalue weighted by molar-refractivity contribution is 5.65. The molecule has 0 aliphatic carbocycles. The maximum Gasteiger partial charge on any atom is 0.150 e. The summed E-state index contributed by atoms with van der Waals surface area (Å²) in [7, 11) is 3.18. The van der Waals surface area contributed by atoms with E-state index in [1.54, 1.807) is 14.2 Å². The smallest absolute Gasteiger partial charge is 0.150 e. The second-order valence-electron chi connectivity index (χ2n) is 3.98. The number of hydrogen-bond donors (Lipinski definition) is 3. The van der Waals surface area contributed by atoms with Gasteiger partial charge in [-0.3, -0.25) is 0 Å². The van der Waals surface area contributed by atoms with Crippen LogP contribution in [-0.4, -0.2) is 32.5 Å². The zero-order valence-electron chi connectivity index (χ0n) is 11.0. The largest absolute Gasteiger partial charge is 0.494 e. The lowest BCUT2D eigenvalue weighted by Crippen LogP contribution is -2.16. The highest BCUT2D eigenvalue weighted by Gasteiger charge is 2.11. The minimum atomic E-state index is 0.237. The third kappa shape index (κ3) is 3.78. The molecule has 0 fully saturated rings. The highest BCUT2D eigenvalue weighted by Crippen LogP contribution is 2.34. The van der Waals surface area contributed by atoms with Gasteiger partial charge in [-0.1, -0.05) is 6.07 Å². The summed E-state index contributed by atoms with van der Waals surface area (Å²) >= 11 is 0. The first-order valence-corrected chi connectivity index (χ1v) is 6.05. The molecule has 0 saturated heterocycles. The molecule has 0 amide bonds. The van der Waals surface area contributed by atoms with Crippen molar-refractivity contribution >= 4 is 5.69 Å². The number of benzene rings is 1. The van der Waals surface area contributed by atoms with Crippen LogP contribution in [0.15, 0.2) is 12.1 Å². The summed E-state index contributed by atoms with van der Waals surface area (Å²) in [4.78, 5) is 0. The number of unbranched alkanes of at least 4 members (excludes halogenated alkanes) is 1. The lowest BCUT2D eigenvalue weighted by atomic mass is 10.1. The molecule has 5 heteroatoms. The Kier molecular flexibility index (Phi) is 6.32. The van der Waals surface area contributed by atoms with Crippen LogP contribution < -0.4 is 20.5 Å². The molecule has 0 saturated carbocycles. The molecule has 5 nitrogen and oxygen atoms in total. The van der Waals surface area contributed by atoms with Crippen LogP contribution in [0, 0.1) is 0 Å². The summed E-state index contributed by atoms with van der Waals surface area (Å²) in [6, 6.07) is 3.77. The van der Waals surface area contributed by atoms with E-state index in [9.17, 15) is 0 Å². The van der Waals surface area contributed by atoms with Gasteiger partial charge in [-0.15, -0.1) is 0 Å². The average molecular weight is 254 g/mol. The minimum Gasteiger partial charge on any atom is -0.494 e. The summed E-state index contributed by atoms with van der Waals surface area (Å²) in [6.07, 6.45) is 1.76. The van der Waals surface area contributed by atoms with Crippen molar-refractivity contribution in [3.63, 3.8) is 0 Å². The van der Waals surface area contributed by atoms with Crippen molar-refractivity contribution in [1.29, 1.82) is 0 Å². The molecule has 0 aliphatic heterocycles. The Hall–Kier alpha value is -1.46. The van der Waals surface area contributed by atoms with E-state index < -0.39 is 0 Å². The van der Waals surface area contributed by atoms with E-state index in [1.165, 1.54) is 0 Å². The molecule has 1 rings (SSSR count). The maximum atomic E-state index is 8.68. The first-order chi connectivity index (χ1) is 8.74. The van der Waals surface area contributed by atoms with Gasteiger partial charge in [-0.25, -0.2) is 0 Å². The van der Waals surface area contributed by atoms with Crippen molar-refractivity contribution in [3.05, 3.63) is 17.7 Å². The van der Waals surface area contributed by atoms with Crippen molar-refractivity contribution in [2.75, 3.05) is 33.1 Å². The zero-order valence-corrected chi connectivity index (χ0v) is 11.0. The fourth-order valence-electron chi connectivity index (χ4n) is 1.77. The summed E-state index contributed by atoms with van der Waals surface area (Å²) < 4.78 is 10.5. The van der Waals surface area contributed by atoms with E-state index in [2.05, 4.69) is 5.32 Å². The lowest BCUT2D eigenvalue weighted by molar-refractivity contribution is 0.283. The van der Waals surface area contributed by atoms with Gasteiger partial charge in [0.25, 0.3) is 0 Å².